The smallest absolute Gasteiger partial charge is 0.191 e. The summed E-state index contributed by atoms with van der Waals surface area (Å²) in [5, 5.41) is 0. The van der Waals surface area contributed by atoms with E-state index in [-0.39, 0.29) is 0 Å². The Morgan fingerprint density at radius 2 is 1.83 bits per heavy atom. The topological polar surface area (TPSA) is 50.9 Å². The van der Waals surface area contributed by atoms with Gasteiger partial charge in [0.15, 0.2) is 5.96 Å². The van der Waals surface area contributed by atoms with E-state index in [1.54, 1.807) is 0 Å². The fraction of sp³-hybridized carbons (Fsp3) is 0.929. The number of hydrogen-bond donors (Lipinski definition) is 1. The first-order chi connectivity index (χ1) is 8.86. The molecule has 2 N–H and O–H groups in total. The van der Waals surface area contributed by atoms with Crippen LogP contribution in [0.5, 0.6) is 0 Å². The minimum Gasteiger partial charge on any atom is -0.378 e. The van der Waals surface area contributed by atoms with Crippen LogP contribution in [0, 0.1) is 0 Å². The second kappa shape index (κ2) is 7.62. The maximum Gasteiger partial charge on any atom is 0.191 e. The van der Waals surface area contributed by atoms with E-state index in [4.69, 9.17) is 10.5 Å². The zero-order valence-corrected chi connectivity index (χ0v) is 11.4. The van der Waals surface area contributed by atoms with E-state index in [0.29, 0.717) is 6.10 Å². The summed E-state index contributed by atoms with van der Waals surface area (Å²) >= 11 is 0. The molecule has 0 amide bonds. The summed E-state index contributed by atoms with van der Waals surface area (Å²) in [6.45, 7) is 3.79. The summed E-state index contributed by atoms with van der Waals surface area (Å²) in [5.41, 5.74) is 5.99. The number of guanidine groups is 1. The van der Waals surface area contributed by atoms with Crippen LogP contribution in [-0.4, -0.2) is 43.2 Å². The molecule has 4 nitrogen and oxygen atoms in total. The van der Waals surface area contributed by atoms with Crippen molar-refractivity contribution in [3.8, 4) is 0 Å². The van der Waals surface area contributed by atoms with Gasteiger partial charge in [0.05, 0.1) is 6.10 Å². The number of aliphatic imine (C=N–C) groups is 1. The highest BCUT2D eigenvalue weighted by Gasteiger charge is 2.14. The number of likely N-dealkylation sites (tertiary alicyclic amines) is 1. The van der Waals surface area contributed by atoms with Crippen molar-refractivity contribution >= 4 is 5.96 Å². The summed E-state index contributed by atoms with van der Waals surface area (Å²) in [6, 6.07) is 0. The molecule has 0 aromatic heterocycles. The quantitative estimate of drug-likeness (QED) is 0.464. The van der Waals surface area contributed by atoms with Crippen molar-refractivity contribution in [3.63, 3.8) is 0 Å². The van der Waals surface area contributed by atoms with Gasteiger partial charge in [-0.1, -0.05) is 12.8 Å². The van der Waals surface area contributed by atoms with Gasteiger partial charge in [0, 0.05) is 26.2 Å². The molecule has 2 fully saturated rings. The molecule has 0 spiro atoms. The van der Waals surface area contributed by atoms with E-state index >= 15 is 0 Å². The predicted molar refractivity (Wildman–Crippen MR) is 74.7 cm³/mol. The van der Waals surface area contributed by atoms with Crippen molar-refractivity contribution in [2.75, 3.05) is 26.2 Å². The molecule has 0 radical (unpaired) electrons. The van der Waals surface area contributed by atoms with Gasteiger partial charge in [0.2, 0.25) is 0 Å². The van der Waals surface area contributed by atoms with Crippen molar-refractivity contribution < 1.29 is 4.74 Å². The lowest BCUT2D eigenvalue weighted by atomic mass is 10.1. The maximum absolute atomic E-state index is 5.99. The molecule has 1 saturated heterocycles. The van der Waals surface area contributed by atoms with Crippen LogP contribution < -0.4 is 5.73 Å². The number of rotatable bonds is 5. The van der Waals surface area contributed by atoms with Gasteiger partial charge in [-0.05, 0) is 38.5 Å². The van der Waals surface area contributed by atoms with Crippen LogP contribution in [0.2, 0.25) is 0 Å². The molecule has 0 bridgehead atoms. The van der Waals surface area contributed by atoms with Gasteiger partial charge in [-0.25, -0.2) is 0 Å². The average molecular weight is 253 g/mol. The third kappa shape index (κ3) is 4.48. The molecule has 4 heteroatoms. The van der Waals surface area contributed by atoms with Crippen LogP contribution in [0.3, 0.4) is 0 Å². The molecule has 0 unspecified atom stereocenters. The van der Waals surface area contributed by atoms with Crippen LogP contribution in [0.4, 0.5) is 0 Å². The molecular weight excluding hydrogens is 226 g/mol. The molecule has 2 rings (SSSR count). The molecule has 0 atom stereocenters. The summed E-state index contributed by atoms with van der Waals surface area (Å²) in [4.78, 5) is 6.66. The third-order valence-electron chi connectivity index (χ3n) is 3.91. The fourth-order valence-electron chi connectivity index (χ4n) is 2.79. The van der Waals surface area contributed by atoms with Crippen molar-refractivity contribution in [2.24, 2.45) is 10.7 Å². The first-order valence-electron chi connectivity index (χ1n) is 7.53. The lowest BCUT2D eigenvalue weighted by molar-refractivity contribution is 0.0579. The molecule has 104 valence electrons. The SMILES string of the molecule is NC(=NCCCOC1CCCC1)N1CCCCC1. The lowest BCUT2D eigenvalue weighted by Gasteiger charge is -2.27. The van der Waals surface area contributed by atoms with Crippen LogP contribution in [0.25, 0.3) is 0 Å². The molecule has 1 aliphatic carbocycles. The van der Waals surface area contributed by atoms with E-state index in [2.05, 4.69) is 9.89 Å². The Bertz CT molecular complexity index is 256. The van der Waals surface area contributed by atoms with Gasteiger partial charge < -0.3 is 15.4 Å². The summed E-state index contributed by atoms with van der Waals surface area (Å²) < 4.78 is 5.81. The van der Waals surface area contributed by atoms with Gasteiger partial charge in [-0.2, -0.15) is 0 Å². The number of ether oxygens (including phenoxy) is 1. The normalized spacial score (nSPS) is 22.7. The Kier molecular flexibility index (Phi) is 5.78. The summed E-state index contributed by atoms with van der Waals surface area (Å²) in [5.74, 6) is 0.732. The minimum absolute atomic E-state index is 0.522. The van der Waals surface area contributed by atoms with Crippen LogP contribution >= 0.6 is 0 Å². The molecule has 0 aromatic rings. The van der Waals surface area contributed by atoms with E-state index in [9.17, 15) is 0 Å². The predicted octanol–water partition coefficient (Wildman–Crippen LogP) is 2.14. The number of piperidine rings is 1. The van der Waals surface area contributed by atoms with E-state index < -0.39 is 0 Å². The van der Waals surface area contributed by atoms with Gasteiger partial charge in [-0.3, -0.25) is 4.99 Å². The molecular formula is C14H27N3O. The van der Waals surface area contributed by atoms with Crippen LogP contribution in [0.1, 0.15) is 51.4 Å². The highest BCUT2D eigenvalue weighted by Crippen LogP contribution is 2.20. The molecule has 0 aromatic carbocycles. The molecule has 1 aliphatic heterocycles. The molecule has 2 aliphatic rings. The Morgan fingerprint density at radius 3 is 2.56 bits per heavy atom. The van der Waals surface area contributed by atoms with Crippen molar-refractivity contribution in [1.82, 2.24) is 4.90 Å². The average Bonchev–Trinajstić information content (AvgIpc) is 2.92. The number of nitrogens with zero attached hydrogens (tertiary/aromatic N) is 2. The fourth-order valence-corrected chi connectivity index (χ4v) is 2.79. The minimum atomic E-state index is 0.522. The zero-order chi connectivity index (χ0) is 12.6. The Labute approximate surface area is 111 Å². The Hall–Kier alpha value is -0.770. The van der Waals surface area contributed by atoms with Crippen molar-refractivity contribution in [3.05, 3.63) is 0 Å². The highest BCUT2D eigenvalue weighted by molar-refractivity contribution is 5.78. The number of nitrogens with two attached hydrogens (primary N) is 1. The molecule has 1 saturated carbocycles. The first-order valence-corrected chi connectivity index (χ1v) is 7.53. The van der Waals surface area contributed by atoms with Gasteiger partial charge in [0.1, 0.15) is 0 Å². The third-order valence-corrected chi connectivity index (χ3v) is 3.91. The summed E-state index contributed by atoms with van der Waals surface area (Å²) in [7, 11) is 0. The highest BCUT2D eigenvalue weighted by atomic mass is 16.5. The van der Waals surface area contributed by atoms with Crippen molar-refractivity contribution in [2.45, 2.75) is 57.5 Å². The van der Waals surface area contributed by atoms with Gasteiger partial charge in [-0.15, -0.1) is 0 Å². The maximum atomic E-state index is 5.99. The Balaban J connectivity index is 1.55. The lowest BCUT2D eigenvalue weighted by Crippen LogP contribution is -2.40. The molecule has 1 heterocycles. The van der Waals surface area contributed by atoms with Crippen molar-refractivity contribution in [1.29, 1.82) is 0 Å². The first kappa shape index (κ1) is 13.7. The molecule has 18 heavy (non-hydrogen) atoms. The summed E-state index contributed by atoms with van der Waals surface area (Å²) in [6.07, 6.45) is 10.5. The van der Waals surface area contributed by atoms with Gasteiger partial charge in [0.25, 0.3) is 0 Å². The van der Waals surface area contributed by atoms with E-state index in [1.807, 2.05) is 0 Å². The standard InChI is InChI=1S/C14H27N3O/c15-14(17-10-4-1-5-11-17)16-9-6-12-18-13-7-2-3-8-13/h13H,1-12H2,(H2,15,16). The Morgan fingerprint density at radius 1 is 1.11 bits per heavy atom. The zero-order valence-electron chi connectivity index (χ0n) is 11.4. The second-order valence-corrected chi connectivity index (χ2v) is 5.42. The second-order valence-electron chi connectivity index (χ2n) is 5.42. The van der Waals surface area contributed by atoms with Crippen LogP contribution in [0.15, 0.2) is 4.99 Å². The van der Waals surface area contributed by atoms with Gasteiger partial charge >= 0.3 is 0 Å². The van der Waals surface area contributed by atoms with Crippen LogP contribution in [-0.2, 0) is 4.74 Å². The largest absolute Gasteiger partial charge is 0.378 e. The van der Waals surface area contributed by atoms with E-state index in [1.165, 1.54) is 44.9 Å². The monoisotopic (exact) mass is 253 g/mol. The number of hydrogen-bond acceptors (Lipinski definition) is 2. The van der Waals surface area contributed by atoms with E-state index in [0.717, 1.165) is 38.6 Å².